The molecule has 2 N–H and O–H groups in total. The molecule has 0 spiro atoms. The molecule has 0 aromatic heterocycles. The molecule has 100 valence electrons. The van der Waals surface area contributed by atoms with Crippen LogP contribution in [-0.4, -0.2) is 29.4 Å². The Kier molecular flexibility index (Phi) is 4.85. The van der Waals surface area contributed by atoms with Gasteiger partial charge in [0.15, 0.2) is 0 Å². The molecular formula is C13H25ClN2O. The number of rotatable bonds is 2. The van der Waals surface area contributed by atoms with E-state index in [1.54, 1.807) is 0 Å². The summed E-state index contributed by atoms with van der Waals surface area (Å²) in [6, 6.07) is 0. The van der Waals surface area contributed by atoms with E-state index in [2.05, 4.69) is 13.8 Å². The summed E-state index contributed by atoms with van der Waals surface area (Å²) in [6.07, 6.45) is 5.15. The predicted octanol–water partition coefficient (Wildman–Crippen LogP) is 2.18. The van der Waals surface area contributed by atoms with Crippen molar-refractivity contribution in [2.24, 2.45) is 17.6 Å². The van der Waals surface area contributed by atoms with Crippen molar-refractivity contribution < 1.29 is 4.79 Å². The molecule has 0 aromatic rings. The lowest BCUT2D eigenvalue weighted by atomic mass is 9.95. The normalized spacial score (nSPS) is 27.3. The Hall–Kier alpha value is -0.280. The Bertz CT molecular complexity index is 275. The first-order valence-electron chi connectivity index (χ1n) is 6.61. The number of amides is 1. The van der Waals surface area contributed by atoms with E-state index in [-0.39, 0.29) is 18.3 Å². The Labute approximate surface area is 111 Å². The lowest BCUT2D eigenvalue weighted by Gasteiger charge is -2.29. The summed E-state index contributed by atoms with van der Waals surface area (Å²) in [5.41, 5.74) is 5.69. The zero-order valence-electron chi connectivity index (χ0n) is 10.9. The van der Waals surface area contributed by atoms with Gasteiger partial charge in [-0.3, -0.25) is 4.79 Å². The molecule has 0 bridgehead atoms. The lowest BCUT2D eigenvalue weighted by Crippen LogP contribution is -2.53. The van der Waals surface area contributed by atoms with Gasteiger partial charge >= 0.3 is 0 Å². The second kappa shape index (κ2) is 5.57. The van der Waals surface area contributed by atoms with Gasteiger partial charge in [0, 0.05) is 13.1 Å². The van der Waals surface area contributed by atoms with Crippen molar-refractivity contribution in [3.8, 4) is 0 Å². The number of halogens is 1. The Morgan fingerprint density at radius 3 is 2.41 bits per heavy atom. The van der Waals surface area contributed by atoms with Crippen LogP contribution >= 0.6 is 12.4 Å². The quantitative estimate of drug-likeness (QED) is 0.827. The molecular weight excluding hydrogens is 236 g/mol. The van der Waals surface area contributed by atoms with Gasteiger partial charge in [-0.05, 0) is 31.1 Å². The third-order valence-corrected chi connectivity index (χ3v) is 4.38. The summed E-state index contributed by atoms with van der Waals surface area (Å²) in [5.74, 6) is 1.57. The first-order valence-corrected chi connectivity index (χ1v) is 6.61. The standard InChI is InChI=1S/C13H24N2O.ClH/c1-10(2)11-5-8-15(9-11)12(16)13(14)6-3-4-7-13;/h10-11H,3-9,14H2,1-2H3;1H. The van der Waals surface area contributed by atoms with Crippen LogP contribution < -0.4 is 5.73 Å². The van der Waals surface area contributed by atoms with Gasteiger partial charge in [0.1, 0.15) is 0 Å². The molecule has 0 aromatic carbocycles. The predicted molar refractivity (Wildman–Crippen MR) is 72.2 cm³/mol. The van der Waals surface area contributed by atoms with Crippen molar-refractivity contribution in [2.75, 3.05) is 13.1 Å². The SMILES string of the molecule is CC(C)C1CCN(C(=O)C2(N)CCCC2)C1.Cl. The molecule has 1 heterocycles. The van der Waals surface area contributed by atoms with Crippen molar-refractivity contribution in [3.63, 3.8) is 0 Å². The Balaban J connectivity index is 0.00000144. The summed E-state index contributed by atoms with van der Waals surface area (Å²) >= 11 is 0. The van der Waals surface area contributed by atoms with E-state index >= 15 is 0 Å². The van der Waals surface area contributed by atoms with Gasteiger partial charge in [0.05, 0.1) is 5.54 Å². The molecule has 1 aliphatic heterocycles. The van der Waals surface area contributed by atoms with E-state index in [1.807, 2.05) is 4.90 Å². The molecule has 1 aliphatic carbocycles. The average Bonchev–Trinajstić information content (AvgIpc) is 2.85. The third kappa shape index (κ3) is 2.94. The monoisotopic (exact) mass is 260 g/mol. The Morgan fingerprint density at radius 2 is 1.94 bits per heavy atom. The number of nitrogens with zero attached hydrogens (tertiary/aromatic N) is 1. The molecule has 1 atom stereocenters. The molecule has 2 rings (SSSR count). The smallest absolute Gasteiger partial charge is 0.242 e. The summed E-state index contributed by atoms with van der Waals surface area (Å²) in [4.78, 5) is 14.3. The second-order valence-corrected chi connectivity index (χ2v) is 5.91. The topological polar surface area (TPSA) is 46.3 Å². The maximum Gasteiger partial charge on any atom is 0.242 e. The second-order valence-electron chi connectivity index (χ2n) is 5.91. The summed E-state index contributed by atoms with van der Waals surface area (Å²) in [6.45, 7) is 6.33. The summed E-state index contributed by atoms with van der Waals surface area (Å²) < 4.78 is 0. The molecule has 1 amide bonds. The van der Waals surface area contributed by atoms with Crippen LogP contribution in [0.1, 0.15) is 46.0 Å². The fourth-order valence-corrected chi connectivity index (χ4v) is 3.05. The van der Waals surface area contributed by atoms with E-state index in [4.69, 9.17) is 5.73 Å². The van der Waals surface area contributed by atoms with Crippen LogP contribution in [0.5, 0.6) is 0 Å². The highest BCUT2D eigenvalue weighted by Crippen LogP contribution is 2.32. The van der Waals surface area contributed by atoms with Gasteiger partial charge in [0.2, 0.25) is 5.91 Å². The highest BCUT2D eigenvalue weighted by atomic mass is 35.5. The van der Waals surface area contributed by atoms with Gasteiger partial charge in [-0.25, -0.2) is 0 Å². The van der Waals surface area contributed by atoms with E-state index in [1.165, 1.54) is 0 Å². The molecule has 1 saturated carbocycles. The molecule has 1 unspecified atom stereocenters. The minimum Gasteiger partial charge on any atom is -0.341 e. The molecule has 0 radical (unpaired) electrons. The number of hydrogen-bond donors (Lipinski definition) is 1. The van der Waals surface area contributed by atoms with Crippen molar-refractivity contribution in [1.82, 2.24) is 4.90 Å². The molecule has 1 saturated heterocycles. The Morgan fingerprint density at radius 1 is 1.35 bits per heavy atom. The van der Waals surface area contributed by atoms with Crippen LogP contribution in [0.3, 0.4) is 0 Å². The van der Waals surface area contributed by atoms with Gasteiger partial charge in [-0.1, -0.05) is 26.7 Å². The number of likely N-dealkylation sites (tertiary alicyclic amines) is 1. The van der Waals surface area contributed by atoms with Crippen LogP contribution in [0.4, 0.5) is 0 Å². The average molecular weight is 261 g/mol. The molecule has 2 fully saturated rings. The van der Waals surface area contributed by atoms with Crippen LogP contribution in [0.2, 0.25) is 0 Å². The van der Waals surface area contributed by atoms with Crippen molar-refractivity contribution in [3.05, 3.63) is 0 Å². The fraction of sp³-hybridized carbons (Fsp3) is 0.923. The zero-order chi connectivity index (χ0) is 11.8. The van der Waals surface area contributed by atoms with Crippen molar-refractivity contribution in [2.45, 2.75) is 51.5 Å². The van der Waals surface area contributed by atoms with E-state index < -0.39 is 5.54 Å². The van der Waals surface area contributed by atoms with E-state index in [9.17, 15) is 4.79 Å². The molecule has 2 aliphatic rings. The summed E-state index contributed by atoms with van der Waals surface area (Å²) in [7, 11) is 0. The minimum absolute atomic E-state index is 0. The first kappa shape index (κ1) is 14.8. The van der Waals surface area contributed by atoms with Crippen molar-refractivity contribution >= 4 is 18.3 Å². The van der Waals surface area contributed by atoms with Gasteiger partial charge in [-0.2, -0.15) is 0 Å². The minimum atomic E-state index is -0.522. The number of nitrogens with two attached hydrogens (primary N) is 1. The van der Waals surface area contributed by atoms with E-state index in [0.717, 1.165) is 45.2 Å². The molecule has 3 nitrogen and oxygen atoms in total. The zero-order valence-corrected chi connectivity index (χ0v) is 11.8. The maximum atomic E-state index is 12.3. The number of carbonyl (C=O) groups is 1. The van der Waals surface area contributed by atoms with Crippen molar-refractivity contribution in [1.29, 1.82) is 0 Å². The lowest BCUT2D eigenvalue weighted by molar-refractivity contribution is -0.135. The van der Waals surface area contributed by atoms with Crippen LogP contribution in [0, 0.1) is 11.8 Å². The highest BCUT2D eigenvalue weighted by molar-refractivity contribution is 5.86. The van der Waals surface area contributed by atoms with Crippen LogP contribution in [0.25, 0.3) is 0 Å². The van der Waals surface area contributed by atoms with Gasteiger partial charge in [-0.15, -0.1) is 12.4 Å². The highest BCUT2D eigenvalue weighted by Gasteiger charge is 2.42. The van der Waals surface area contributed by atoms with E-state index in [0.29, 0.717) is 11.8 Å². The van der Waals surface area contributed by atoms with Gasteiger partial charge < -0.3 is 10.6 Å². The fourth-order valence-electron chi connectivity index (χ4n) is 3.05. The number of carbonyl (C=O) groups excluding carboxylic acids is 1. The maximum absolute atomic E-state index is 12.3. The molecule has 17 heavy (non-hydrogen) atoms. The van der Waals surface area contributed by atoms with Gasteiger partial charge in [0.25, 0.3) is 0 Å². The van der Waals surface area contributed by atoms with Crippen LogP contribution in [0.15, 0.2) is 0 Å². The largest absolute Gasteiger partial charge is 0.341 e. The first-order chi connectivity index (χ1) is 7.53. The summed E-state index contributed by atoms with van der Waals surface area (Å²) in [5, 5.41) is 0. The third-order valence-electron chi connectivity index (χ3n) is 4.38. The molecule has 4 heteroatoms. The number of hydrogen-bond acceptors (Lipinski definition) is 2. The van der Waals surface area contributed by atoms with Crippen LogP contribution in [-0.2, 0) is 4.79 Å².